The number of alkyl carbamates (subject to hydrolysis) is 1. The highest BCUT2D eigenvalue weighted by Crippen LogP contribution is 2.09. The number of benzene rings is 2. The van der Waals surface area contributed by atoms with Gasteiger partial charge in [0, 0.05) is 17.2 Å². The number of hydrogen-bond donors (Lipinski definition) is 3. The highest BCUT2D eigenvalue weighted by Gasteiger charge is 2.24. The number of carbonyl (C=O) groups is 3. The lowest BCUT2D eigenvalue weighted by molar-refractivity contribution is -0.145. The summed E-state index contributed by atoms with van der Waals surface area (Å²) in [7, 11) is -0.152. The monoisotopic (exact) mass is 476 g/mol. The first-order valence-corrected chi connectivity index (χ1v) is 11.6. The van der Waals surface area contributed by atoms with Crippen molar-refractivity contribution in [1.29, 1.82) is 0 Å². The minimum Gasteiger partial charge on any atom is -0.467 e. The van der Waals surface area contributed by atoms with E-state index in [2.05, 4.69) is 10.6 Å². The lowest BCUT2D eigenvalue weighted by Gasteiger charge is -2.18. The molecule has 0 saturated heterocycles. The SMILES string of the molecule is COC(=O)[C@H](CC[S@](=O)c1ccccc1)NC(=O)C[C@H](O)CNC(=O)OCc1ccccc1. The van der Waals surface area contributed by atoms with Crippen molar-refractivity contribution in [1.82, 2.24) is 10.6 Å². The molecule has 33 heavy (non-hydrogen) atoms. The van der Waals surface area contributed by atoms with Crippen LogP contribution >= 0.6 is 0 Å². The molecule has 0 unspecified atom stereocenters. The Morgan fingerprint density at radius 1 is 1.03 bits per heavy atom. The molecule has 2 amide bonds. The Kier molecular flexibility index (Phi) is 11.1. The molecule has 0 aromatic heterocycles. The zero-order chi connectivity index (χ0) is 24.1. The van der Waals surface area contributed by atoms with Gasteiger partial charge in [0.2, 0.25) is 5.91 Å². The molecule has 0 aliphatic rings. The number of ether oxygens (including phenoxy) is 2. The first-order valence-electron chi connectivity index (χ1n) is 10.3. The van der Waals surface area contributed by atoms with E-state index in [1.54, 1.807) is 42.5 Å². The fraction of sp³-hybridized carbons (Fsp3) is 0.348. The Morgan fingerprint density at radius 2 is 1.67 bits per heavy atom. The van der Waals surface area contributed by atoms with Gasteiger partial charge in [0.05, 0.1) is 30.4 Å². The molecule has 0 fully saturated rings. The van der Waals surface area contributed by atoms with Crippen molar-refractivity contribution in [3.8, 4) is 0 Å². The molecular weight excluding hydrogens is 448 g/mol. The van der Waals surface area contributed by atoms with Crippen LogP contribution in [-0.2, 0) is 36.5 Å². The highest BCUT2D eigenvalue weighted by atomic mass is 32.2. The molecule has 178 valence electrons. The molecule has 2 rings (SSSR count). The van der Waals surface area contributed by atoms with E-state index in [0.717, 1.165) is 5.56 Å². The lowest BCUT2D eigenvalue weighted by Crippen LogP contribution is -2.44. The van der Waals surface area contributed by atoms with Gasteiger partial charge < -0.3 is 25.2 Å². The summed E-state index contributed by atoms with van der Waals surface area (Å²) in [5.41, 5.74) is 0.814. The zero-order valence-electron chi connectivity index (χ0n) is 18.3. The first kappa shape index (κ1) is 26.0. The van der Waals surface area contributed by atoms with Crippen LogP contribution < -0.4 is 10.6 Å². The third-order valence-electron chi connectivity index (χ3n) is 4.53. The summed E-state index contributed by atoms with van der Waals surface area (Å²) in [6.45, 7) is -0.129. The summed E-state index contributed by atoms with van der Waals surface area (Å²) >= 11 is 0. The number of hydrogen-bond acceptors (Lipinski definition) is 7. The van der Waals surface area contributed by atoms with E-state index >= 15 is 0 Å². The van der Waals surface area contributed by atoms with Gasteiger partial charge in [0.15, 0.2) is 0 Å². The highest BCUT2D eigenvalue weighted by molar-refractivity contribution is 7.85. The van der Waals surface area contributed by atoms with Gasteiger partial charge in [-0.1, -0.05) is 48.5 Å². The molecule has 2 aromatic rings. The van der Waals surface area contributed by atoms with Crippen LogP contribution in [-0.4, -0.2) is 58.8 Å². The van der Waals surface area contributed by atoms with Crippen molar-refractivity contribution < 1.29 is 33.2 Å². The molecule has 3 atom stereocenters. The fourth-order valence-corrected chi connectivity index (χ4v) is 3.97. The summed E-state index contributed by atoms with van der Waals surface area (Å²) in [4.78, 5) is 36.6. The fourth-order valence-electron chi connectivity index (χ4n) is 2.82. The quantitative estimate of drug-likeness (QED) is 0.396. The molecule has 0 spiro atoms. The van der Waals surface area contributed by atoms with E-state index < -0.39 is 40.9 Å². The predicted molar refractivity (Wildman–Crippen MR) is 122 cm³/mol. The Labute approximate surface area is 194 Å². The smallest absolute Gasteiger partial charge is 0.407 e. The molecule has 0 aliphatic heterocycles. The second-order valence-corrected chi connectivity index (χ2v) is 8.67. The average Bonchev–Trinajstić information content (AvgIpc) is 2.84. The van der Waals surface area contributed by atoms with Crippen LogP contribution in [0, 0.1) is 0 Å². The summed E-state index contributed by atoms with van der Waals surface area (Å²) in [6, 6.07) is 16.9. The standard InChI is InChI=1S/C23H28N2O7S/c1-31-22(28)20(12-13-33(30)19-10-6-3-7-11-19)25-21(27)14-18(26)15-24-23(29)32-16-17-8-4-2-5-9-17/h2-11,18,20,26H,12-16H2,1H3,(H,24,29)(H,25,27)/t18-,20-,33-/m0/s1. The van der Waals surface area contributed by atoms with Crippen LogP contribution in [0.1, 0.15) is 18.4 Å². The van der Waals surface area contributed by atoms with Crippen LogP contribution in [0.2, 0.25) is 0 Å². The van der Waals surface area contributed by atoms with Crippen molar-refractivity contribution in [2.45, 2.75) is 36.5 Å². The minimum absolute atomic E-state index is 0.0778. The molecule has 10 heteroatoms. The van der Waals surface area contributed by atoms with E-state index in [0.29, 0.717) is 4.90 Å². The normalized spacial score (nSPS) is 13.3. The van der Waals surface area contributed by atoms with E-state index in [4.69, 9.17) is 9.47 Å². The number of esters is 1. The topological polar surface area (TPSA) is 131 Å². The van der Waals surface area contributed by atoms with Crippen LogP contribution in [0.3, 0.4) is 0 Å². The maximum atomic E-state index is 12.4. The molecule has 0 radical (unpaired) electrons. The maximum absolute atomic E-state index is 12.4. The number of nitrogens with one attached hydrogen (secondary N) is 2. The minimum atomic E-state index is -1.34. The van der Waals surface area contributed by atoms with Crippen LogP contribution in [0.25, 0.3) is 0 Å². The third-order valence-corrected chi connectivity index (χ3v) is 5.94. The van der Waals surface area contributed by atoms with Gasteiger partial charge in [-0.3, -0.25) is 9.00 Å². The summed E-state index contributed by atoms with van der Waals surface area (Å²) in [5, 5.41) is 14.9. The van der Waals surface area contributed by atoms with Crippen molar-refractivity contribution in [3.05, 3.63) is 66.2 Å². The van der Waals surface area contributed by atoms with E-state index in [-0.39, 0.29) is 31.7 Å². The second kappa shape index (κ2) is 14.0. The van der Waals surface area contributed by atoms with Gasteiger partial charge in [-0.05, 0) is 24.1 Å². The maximum Gasteiger partial charge on any atom is 0.407 e. The Morgan fingerprint density at radius 3 is 2.30 bits per heavy atom. The molecule has 0 bridgehead atoms. The predicted octanol–water partition coefficient (Wildman–Crippen LogP) is 1.52. The lowest BCUT2D eigenvalue weighted by atomic mass is 10.2. The molecule has 2 aromatic carbocycles. The van der Waals surface area contributed by atoms with Gasteiger partial charge in [0.1, 0.15) is 12.6 Å². The first-order chi connectivity index (χ1) is 15.9. The van der Waals surface area contributed by atoms with Crippen LogP contribution in [0.15, 0.2) is 65.6 Å². The van der Waals surface area contributed by atoms with E-state index in [1.807, 2.05) is 18.2 Å². The largest absolute Gasteiger partial charge is 0.467 e. The van der Waals surface area contributed by atoms with Crippen molar-refractivity contribution in [2.75, 3.05) is 19.4 Å². The summed E-state index contributed by atoms with van der Waals surface area (Å²) in [5.74, 6) is -1.14. The van der Waals surface area contributed by atoms with Crippen LogP contribution in [0.5, 0.6) is 0 Å². The van der Waals surface area contributed by atoms with E-state index in [9.17, 15) is 23.7 Å². The second-order valence-electron chi connectivity index (χ2n) is 7.10. The van der Waals surface area contributed by atoms with Gasteiger partial charge >= 0.3 is 12.1 Å². The Bertz CT molecular complexity index is 925. The number of methoxy groups -OCH3 is 1. The van der Waals surface area contributed by atoms with Gasteiger partial charge in [0.25, 0.3) is 0 Å². The number of aliphatic hydroxyl groups excluding tert-OH is 1. The van der Waals surface area contributed by atoms with Gasteiger partial charge in [-0.15, -0.1) is 0 Å². The summed E-state index contributed by atoms with van der Waals surface area (Å²) < 4.78 is 22.1. The molecule has 0 saturated carbocycles. The molecule has 0 aliphatic carbocycles. The zero-order valence-corrected chi connectivity index (χ0v) is 19.1. The Hall–Kier alpha value is -3.24. The number of aliphatic hydroxyl groups is 1. The van der Waals surface area contributed by atoms with E-state index in [1.165, 1.54) is 7.11 Å². The number of amides is 2. The molecular formula is C23H28N2O7S. The molecule has 0 heterocycles. The van der Waals surface area contributed by atoms with Gasteiger partial charge in [-0.25, -0.2) is 9.59 Å². The number of rotatable bonds is 12. The summed E-state index contributed by atoms with van der Waals surface area (Å²) in [6.07, 6.45) is -2.17. The van der Waals surface area contributed by atoms with Crippen molar-refractivity contribution in [2.24, 2.45) is 0 Å². The number of carbonyl (C=O) groups excluding carboxylic acids is 3. The van der Waals surface area contributed by atoms with Crippen molar-refractivity contribution >= 4 is 28.8 Å². The van der Waals surface area contributed by atoms with Gasteiger partial charge in [-0.2, -0.15) is 0 Å². The Balaban J connectivity index is 1.74. The molecule has 9 nitrogen and oxygen atoms in total. The average molecular weight is 477 g/mol. The van der Waals surface area contributed by atoms with Crippen molar-refractivity contribution in [3.63, 3.8) is 0 Å². The molecule has 3 N–H and O–H groups in total. The third kappa shape index (κ3) is 9.84. The van der Waals surface area contributed by atoms with Crippen LogP contribution in [0.4, 0.5) is 4.79 Å².